The summed E-state index contributed by atoms with van der Waals surface area (Å²) in [4.78, 5) is 0. The van der Waals surface area contributed by atoms with Crippen molar-refractivity contribution in [1.82, 2.24) is 15.1 Å². The van der Waals surface area contributed by atoms with Crippen molar-refractivity contribution in [3.8, 4) is 0 Å². The number of nitrogen functional groups attached to an aromatic ring is 1. The molecule has 1 heterocycles. The van der Waals surface area contributed by atoms with Gasteiger partial charge in [-0.15, -0.1) is 0 Å². The van der Waals surface area contributed by atoms with Crippen LogP contribution in [-0.4, -0.2) is 15.8 Å². The zero-order valence-electron chi connectivity index (χ0n) is 9.41. The van der Waals surface area contributed by atoms with Crippen LogP contribution in [0.4, 0.5) is 5.82 Å². The van der Waals surface area contributed by atoms with Gasteiger partial charge < -0.3 is 11.1 Å². The Bertz CT molecular complexity index is 288. The van der Waals surface area contributed by atoms with E-state index in [2.05, 4.69) is 38.1 Å². The second-order valence-corrected chi connectivity index (χ2v) is 4.13. The summed E-state index contributed by atoms with van der Waals surface area (Å²) in [5.74, 6) is 0.737. The van der Waals surface area contributed by atoms with Crippen LogP contribution < -0.4 is 11.1 Å². The molecule has 0 saturated carbocycles. The van der Waals surface area contributed by atoms with E-state index >= 15 is 0 Å². The lowest BCUT2D eigenvalue weighted by Gasteiger charge is -2.07. The van der Waals surface area contributed by atoms with Gasteiger partial charge in [-0.05, 0) is 13.8 Å². The van der Waals surface area contributed by atoms with Crippen LogP contribution in [0, 0.1) is 0 Å². The maximum Gasteiger partial charge on any atom is 0.122 e. The Morgan fingerprint density at radius 2 is 2.07 bits per heavy atom. The van der Waals surface area contributed by atoms with Gasteiger partial charge in [0.2, 0.25) is 0 Å². The van der Waals surface area contributed by atoms with Crippen molar-refractivity contribution in [3.05, 3.63) is 11.8 Å². The smallest absolute Gasteiger partial charge is 0.122 e. The molecular formula is C10H20N4. The van der Waals surface area contributed by atoms with Gasteiger partial charge in [-0.1, -0.05) is 13.8 Å². The molecule has 3 N–H and O–H groups in total. The first kappa shape index (κ1) is 11.0. The average molecular weight is 196 g/mol. The van der Waals surface area contributed by atoms with Crippen molar-refractivity contribution in [2.75, 3.05) is 5.73 Å². The Hall–Kier alpha value is -1.03. The van der Waals surface area contributed by atoms with E-state index in [-0.39, 0.29) is 0 Å². The first-order valence-corrected chi connectivity index (χ1v) is 5.08. The molecule has 0 aliphatic heterocycles. The third kappa shape index (κ3) is 2.73. The summed E-state index contributed by atoms with van der Waals surface area (Å²) in [6, 6.07) is 2.72. The van der Waals surface area contributed by atoms with Gasteiger partial charge in [0, 0.05) is 24.7 Å². The van der Waals surface area contributed by atoms with Crippen LogP contribution >= 0.6 is 0 Å². The van der Waals surface area contributed by atoms with E-state index in [1.807, 2.05) is 10.7 Å². The molecule has 0 aliphatic carbocycles. The van der Waals surface area contributed by atoms with Crippen LogP contribution in [0.25, 0.3) is 0 Å². The summed E-state index contributed by atoms with van der Waals surface area (Å²) in [5, 5.41) is 7.72. The standard InChI is InChI=1S/C10H20N4/c1-7(2)12-6-9-5-10(11)14(13-9)8(3)4/h5,7-8,12H,6,11H2,1-4H3. The maximum absolute atomic E-state index is 5.82. The monoisotopic (exact) mass is 196 g/mol. The van der Waals surface area contributed by atoms with E-state index in [1.54, 1.807) is 0 Å². The normalized spacial score (nSPS) is 11.6. The third-order valence-electron chi connectivity index (χ3n) is 2.00. The number of hydrogen-bond acceptors (Lipinski definition) is 3. The van der Waals surface area contributed by atoms with Gasteiger partial charge >= 0.3 is 0 Å². The molecule has 1 rings (SSSR count). The van der Waals surface area contributed by atoms with Gasteiger partial charge in [0.25, 0.3) is 0 Å². The molecule has 0 bridgehead atoms. The SMILES string of the molecule is CC(C)NCc1cc(N)n(C(C)C)n1. The van der Waals surface area contributed by atoms with Crippen LogP contribution in [0.1, 0.15) is 39.4 Å². The molecule has 1 aromatic rings. The van der Waals surface area contributed by atoms with E-state index in [0.717, 1.165) is 18.1 Å². The summed E-state index contributed by atoms with van der Waals surface area (Å²) in [6.07, 6.45) is 0. The molecule has 0 spiro atoms. The minimum absolute atomic E-state index is 0.322. The third-order valence-corrected chi connectivity index (χ3v) is 2.00. The number of aromatic nitrogens is 2. The molecule has 0 atom stereocenters. The Kier molecular flexibility index (Phi) is 3.52. The molecule has 0 radical (unpaired) electrons. The maximum atomic E-state index is 5.82. The second kappa shape index (κ2) is 4.46. The van der Waals surface area contributed by atoms with Gasteiger partial charge in [0.15, 0.2) is 0 Å². The van der Waals surface area contributed by atoms with Crippen LogP contribution in [0.2, 0.25) is 0 Å². The molecule has 0 aromatic carbocycles. The summed E-state index contributed by atoms with van der Waals surface area (Å²) in [5.41, 5.74) is 6.83. The van der Waals surface area contributed by atoms with Crippen molar-refractivity contribution in [2.45, 2.75) is 46.3 Å². The van der Waals surface area contributed by atoms with E-state index in [9.17, 15) is 0 Å². The predicted octanol–water partition coefficient (Wildman–Crippen LogP) is 1.54. The number of nitrogens with zero attached hydrogens (tertiary/aromatic N) is 2. The Balaban J connectivity index is 2.66. The quantitative estimate of drug-likeness (QED) is 0.768. The summed E-state index contributed by atoms with van der Waals surface area (Å²) >= 11 is 0. The minimum Gasteiger partial charge on any atom is -0.384 e. The zero-order chi connectivity index (χ0) is 10.7. The van der Waals surface area contributed by atoms with Crippen LogP contribution in [0.3, 0.4) is 0 Å². The number of hydrogen-bond donors (Lipinski definition) is 2. The lowest BCUT2D eigenvalue weighted by molar-refractivity contribution is 0.520. The predicted molar refractivity (Wildman–Crippen MR) is 59.0 cm³/mol. The summed E-state index contributed by atoms with van der Waals surface area (Å²) in [7, 11) is 0. The lowest BCUT2D eigenvalue weighted by Crippen LogP contribution is -2.22. The first-order valence-electron chi connectivity index (χ1n) is 5.08. The van der Waals surface area contributed by atoms with Crippen LogP contribution in [0.15, 0.2) is 6.07 Å². The fourth-order valence-corrected chi connectivity index (χ4v) is 1.27. The highest BCUT2D eigenvalue weighted by molar-refractivity contribution is 5.31. The number of nitrogens with two attached hydrogens (primary N) is 1. The molecule has 0 fully saturated rings. The van der Waals surface area contributed by atoms with Crippen molar-refractivity contribution >= 4 is 5.82 Å². The molecule has 4 nitrogen and oxygen atoms in total. The highest BCUT2D eigenvalue weighted by Gasteiger charge is 2.07. The van der Waals surface area contributed by atoms with Crippen LogP contribution in [-0.2, 0) is 6.54 Å². The van der Waals surface area contributed by atoms with Gasteiger partial charge in [0.05, 0.1) is 5.69 Å². The number of nitrogens with one attached hydrogen (secondary N) is 1. The fraction of sp³-hybridized carbons (Fsp3) is 0.700. The molecule has 1 aromatic heterocycles. The highest BCUT2D eigenvalue weighted by Crippen LogP contribution is 2.12. The van der Waals surface area contributed by atoms with Gasteiger partial charge in [-0.3, -0.25) is 0 Å². The number of anilines is 1. The van der Waals surface area contributed by atoms with Gasteiger partial charge in [-0.2, -0.15) is 5.10 Å². The summed E-state index contributed by atoms with van der Waals surface area (Å²) in [6.45, 7) is 9.15. The zero-order valence-corrected chi connectivity index (χ0v) is 9.41. The molecule has 80 valence electrons. The Morgan fingerprint density at radius 1 is 1.43 bits per heavy atom. The second-order valence-electron chi connectivity index (χ2n) is 4.13. The average Bonchev–Trinajstić information content (AvgIpc) is 2.43. The van der Waals surface area contributed by atoms with E-state index in [0.29, 0.717) is 12.1 Å². The van der Waals surface area contributed by atoms with Crippen molar-refractivity contribution in [3.63, 3.8) is 0 Å². The first-order chi connectivity index (χ1) is 6.50. The Morgan fingerprint density at radius 3 is 2.50 bits per heavy atom. The van der Waals surface area contributed by atoms with Crippen molar-refractivity contribution in [1.29, 1.82) is 0 Å². The fourth-order valence-electron chi connectivity index (χ4n) is 1.27. The number of rotatable bonds is 4. The lowest BCUT2D eigenvalue weighted by atomic mass is 10.3. The molecule has 0 unspecified atom stereocenters. The molecule has 0 saturated heterocycles. The minimum atomic E-state index is 0.322. The van der Waals surface area contributed by atoms with Crippen molar-refractivity contribution in [2.24, 2.45) is 0 Å². The van der Waals surface area contributed by atoms with Gasteiger partial charge in [-0.25, -0.2) is 4.68 Å². The van der Waals surface area contributed by atoms with Crippen molar-refractivity contribution < 1.29 is 0 Å². The summed E-state index contributed by atoms with van der Waals surface area (Å²) < 4.78 is 1.84. The molecular weight excluding hydrogens is 176 g/mol. The van der Waals surface area contributed by atoms with E-state index in [1.165, 1.54) is 0 Å². The largest absolute Gasteiger partial charge is 0.384 e. The molecule has 0 amide bonds. The molecule has 4 heteroatoms. The van der Waals surface area contributed by atoms with E-state index in [4.69, 9.17) is 5.73 Å². The van der Waals surface area contributed by atoms with Gasteiger partial charge in [0.1, 0.15) is 5.82 Å². The van der Waals surface area contributed by atoms with Crippen LogP contribution in [0.5, 0.6) is 0 Å². The van der Waals surface area contributed by atoms with E-state index < -0.39 is 0 Å². The topological polar surface area (TPSA) is 55.9 Å². The molecule has 14 heavy (non-hydrogen) atoms. The Labute approximate surface area is 85.5 Å². The highest BCUT2D eigenvalue weighted by atomic mass is 15.3. The molecule has 0 aliphatic rings.